The molecule has 0 radical (unpaired) electrons. The standard InChI is InChI=1S/C18H20N6O3S/c1-3-23(4-2)28(26,27)17-11-5-14(6-12-17)18(25)20-15-7-9-16(10-8-15)24-13-19-21-22-24/h5-13H,3-4H2,1-2H3,(H,20,25). The quantitative estimate of drug-likeness (QED) is 0.649. The fraction of sp³-hybridized carbons (Fsp3) is 0.222. The number of anilines is 1. The molecule has 2 aromatic carbocycles. The van der Waals surface area contributed by atoms with Crippen LogP contribution in [-0.4, -0.2) is 51.9 Å². The van der Waals surface area contributed by atoms with Gasteiger partial charge in [0.15, 0.2) is 0 Å². The third-order valence-electron chi connectivity index (χ3n) is 4.20. The number of tetrazole rings is 1. The van der Waals surface area contributed by atoms with Gasteiger partial charge in [0.05, 0.1) is 10.6 Å². The minimum atomic E-state index is -3.55. The molecule has 0 aliphatic rings. The molecule has 0 fully saturated rings. The lowest BCUT2D eigenvalue weighted by atomic mass is 10.2. The van der Waals surface area contributed by atoms with Gasteiger partial charge in [-0.15, -0.1) is 5.10 Å². The van der Waals surface area contributed by atoms with Crippen LogP contribution in [0.4, 0.5) is 5.69 Å². The average Bonchev–Trinajstić information content (AvgIpc) is 3.24. The van der Waals surface area contributed by atoms with Crippen molar-refractivity contribution in [1.29, 1.82) is 0 Å². The Kier molecular flexibility index (Phi) is 5.81. The Hall–Kier alpha value is -3.11. The molecular formula is C18H20N6O3S. The number of aromatic nitrogens is 4. The highest BCUT2D eigenvalue weighted by Gasteiger charge is 2.21. The monoisotopic (exact) mass is 400 g/mol. The largest absolute Gasteiger partial charge is 0.322 e. The van der Waals surface area contributed by atoms with Crippen LogP contribution in [0.25, 0.3) is 5.69 Å². The number of carbonyl (C=O) groups is 1. The number of amides is 1. The van der Waals surface area contributed by atoms with Crippen molar-refractivity contribution < 1.29 is 13.2 Å². The van der Waals surface area contributed by atoms with Crippen molar-refractivity contribution in [2.75, 3.05) is 18.4 Å². The van der Waals surface area contributed by atoms with Gasteiger partial charge in [0.1, 0.15) is 6.33 Å². The highest BCUT2D eigenvalue weighted by atomic mass is 32.2. The summed E-state index contributed by atoms with van der Waals surface area (Å²) in [6.07, 6.45) is 1.47. The number of benzene rings is 2. The van der Waals surface area contributed by atoms with Crippen molar-refractivity contribution in [3.05, 3.63) is 60.4 Å². The fourth-order valence-electron chi connectivity index (χ4n) is 2.67. The van der Waals surface area contributed by atoms with Crippen LogP contribution in [0.3, 0.4) is 0 Å². The van der Waals surface area contributed by atoms with E-state index in [1.807, 2.05) is 0 Å². The molecule has 28 heavy (non-hydrogen) atoms. The van der Waals surface area contributed by atoms with Gasteiger partial charge in [-0.25, -0.2) is 13.1 Å². The summed E-state index contributed by atoms with van der Waals surface area (Å²) in [6, 6.07) is 12.9. The molecule has 0 saturated heterocycles. The second-order valence-corrected chi connectivity index (χ2v) is 7.81. The van der Waals surface area contributed by atoms with Crippen LogP contribution in [0.15, 0.2) is 59.8 Å². The predicted molar refractivity (Wildman–Crippen MR) is 104 cm³/mol. The number of rotatable bonds is 7. The van der Waals surface area contributed by atoms with Gasteiger partial charge in [0.25, 0.3) is 5.91 Å². The number of carbonyl (C=O) groups excluding carboxylic acids is 1. The van der Waals surface area contributed by atoms with E-state index in [-0.39, 0.29) is 10.8 Å². The SMILES string of the molecule is CCN(CC)S(=O)(=O)c1ccc(C(=O)Nc2ccc(-n3cnnn3)cc2)cc1. The van der Waals surface area contributed by atoms with Crippen LogP contribution in [0, 0.1) is 0 Å². The van der Waals surface area contributed by atoms with Crippen LogP contribution in [0.5, 0.6) is 0 Å². The lowest BCUT2D eigenvalue weighted by Crippen LogP contribution is -2.30. The Morgan fingerprint density at radius 1 is 1.04 bits per heavy atom. The summed E-state index contributed by atoms with van der Waals surface area (Å²) in [7, 11) is -3.55. The molecule has 146 valence electrons. The Morgan fingerprint density at radius 2 is 1.68 bits per heavy atom. The summed E-state index contributed by atoms with van der Waals surface area (Å²) in [5, 5.41) is 13.7. The van der Waals surface area contributed by atoms with Gasteiger partial charge in [-0.05, 0) is 59.0 Å². The van der Waals surface area contributed by atoms with E-state index in [1.54, 1.807) is 38.1 Å². The number of sulfonamides is 1. The first-order valence-electron chi connectivity index (χ1n) is 8.70. The van der Waals surface area contributed by atoms with Crippen molar-refractivity contribution >= 4 is 21.6 Å². The van der Waals surface area contributed by atoms with Crippen LogP contribution < -0.4 is 5.32 Å². The zero-order chi connectivity index (χ0) is 20.1. The zero-order valence-corrected chi connectivity index (χ0v) is 16.3. The van der Waals surface area contributed by atoms with E-state index in [9.17, 15) is 13.2 Å². The summed E-state index contributed by atoms with van der Waals surface area (Å²) < 4.78 is 27.9. The summed E-state index contributed by atoms with van der Waals surface area (Å²) in [4.78, 5) is 12.6. The van der Waals surface area contributed by atoms with Crippen molar-refractivity contribution in [2.24, 2.45) is 0 Å². The molecule has 0 bridgehead atoms. The third kappa shape index (κ3) is 4.07. The van der Waals surface area contributed by atoms with E-state index in [2.05, 4.69) is 20.8 Å². The number of hydrogen-bond donors (Lipinski definition) is 1. The molecule has 1 amide bonds. The van der Waals surface area contributed by atoms with Crippen molar-refractivity contribution in [3.63, 3.8) is 0 Å². The van der Waals surface area contributed by atoms with Gasteiger partial charge in [-0.3, -0.25) is 4.79 Å². The second kappa shape index (κ2) is 8.28. The molecular weight excluding hydrogens is 380 g/mol. The van der Waals surface area contributed by atoms with Gasteiger partial charge in [0, 0.05) is 24.3 Å². The summed E-state index contributed by atoms with van der Waals surface area (Å²) in [6.45, 7) is 4.35. The Labute approximate surface area is 163 Å². The molecule has 0 saturated carbocycles. The molecule has 1 aromatic heterocycles. The molecule has 1 heterocycles. The maximum absolute atomic E-state index is 12.5. The molecule has 10 heteroatoms. The summed E-state index contributed by atoms with van der Waals surface area (Å²) in [5.41, 5.74) is 1.72. The van der Waals surface area contributed by atoms with Crippen LogP contribution >= 0.6 is 0 Å². The maximum atomic E-state index is 12.5. The molecule has 0 unspecified atom stereocenters. The van der Waals surface area contributed by atoms with Gasteiger partial charge in [-0.1, -0.05) is 13.8 Å². The van der Waals surface area contributed by atoms with E-state index in [1.165, 1.54) is 39.6 Å². The molecule has 0 atom stereocenters. The maximum Gasteiger partial charge on any atom is 0.255 e. The van der Waals surface area contributed by atoms with Gasteiger partial charge >= 0.3 is 0 Å². The first kappa shape index (κ1) is 19.6. The van der Waals surface area contributed by atoms with E-state index in [0.29, 0.717) is 24.3 Å². The topological polar surface area (TPSA) is 110 Å². The minimum Gasteiger partial charge on any atom is -0.322 e. The van der Waals surface area contributed by atoms with Crippen LogP contribution in [-0.2, 0) is 10.0 Å². The van der Waals surface area contributed by atoms with E-state index >= 15 is 0 Å². The lowest BCUT2D eigenvalue weighted by molar-refractivity contribution is 0.102. The fourth-order valence-corrected chi connectivity index (χ4v) is 4.13. The van der Waals surface area contributed by atoms with E-state index in [0.717, 1.165) is 5.69 Å². The highest BCUT2D eigenvalue weighted by molar-refractivity contribution is 7.89. The van der Waals surface area contributed by atoms with Gasteiger partial charge in [0.2, 0.25) is 10.0 Å². The van der Waals surface area contributed by atoms with Crippen molar-refractivity contribution in [3.8, 4) is 5.69 Å². The average molecular weight is 400 g/mol. The van der Waals surface area contributed by atoms with Gasteiger partial charge in [-0.2, -0.15) is 4.31 Å². The smallest absolute Gasteiger partial charge is 0.255 e. The zero-order valence-electron chi connectivity index (χ0n) is 15.5. The predicted octanol–water partition coefficient (Wildman–Crippen LogP) is 1.95. The number of hydrogen-bond acceptors (Lipinski definition) is 6. The lowest BCUT2D eigenvalue weighted by Gasteiger charge is -2.18. The van der Waals surface area contributed by atoms with Crippen molar-refractivity contribution in [1.82, 2.24) is 24.5 Å². The Balaban J connectivity index is 1.71. The molecule has 1 N–H and O–H groups in total. The second-order valence-electron chi connectivity index (χ2n) is 5.87. The number of nitrogens with zero attached hydrogens (tertiary/aromatic N) is 5. The Bertz CT molecular complexity index is 1030. The summed E-state index contributed by atoms with van der Waals surface area (Å²) >= 11 is 0. The van der Waals surface area contributed by atoms with Crippen LogP contribution in [0.1, 0.15) is 24.2 Å². The molecule has 0 aliphatic carbocycles. The first-order chi connectivity index (χ1) is 13.5. The molecule has 0 aliphatic heterocycles. The normalized spacial score (nSPS) is 11.5. The third-order valence-corrected chi connectivity index (χ3v) is 6.26. The van der Waals surface area contributed by atoms with Crippen molar-refractivity contribution in [2.45, 2.75) is 18.7 Å². The summed E-state index contributed by atoms with van der Waals surface area (Å²) in [5.74, 6) is -0.332. The van der Waals surface area contributed by atoms with E-state index < -0.39 is 10.0 Å². The molecule has 3 rings (SSSR count). The first-order valence-corrected chi connectivity index (χ1v) is 10.1. The van der Waals surface area contributed by atoms with Gasteiger partial charge < -0.3 is 5.32 Å². The molecule has 3 aromatic rings. The minimum absolute atomic E-state index is 0.165. The highest BCUT2D eigenvalue weighted by Crippen LogP contribution is 2.18. The molecule has 9 nitrogen and oxygen atoms in total. The van der Waals surface area contributed by atoms with E-state index in [4.69, 9.17) is 0 Å². The van der Waals surface area contributed by atoms with Crippen LogP contribution in [0.2, 0.25) is 0 Å². The Morgan fingerprint density at radius 3 is 2.21 bits per heavy atom. The number of nitrogens with one attached hydrogen (secondary N) is 1. The molecule has 0 spiro atoms.